The van der Waals surface area contributed by atoms with Gasteiger partial charge in [0.1, 0.15) is 34.4 Å². The van der Waals surface area contributed by atoms with Crippen molar-refractivity contribution in [2.24, 2.45) is 5.73 Å². The Labute approximate surface area is 209 Å². The quantitative estimate of drug-likeness (QED) is 0.587. The largest absolute Gasteiger partial charge is 0.368 e. The Balaban J connectivity index is 1.66. The minimum atomic E-state index is -0.743. The second-order valence-electron chi connectivity index (χ2n) is 8.96. The van der Waals surface area contributed by atoms with Crippen LogP contribution >= 0.6 is 11.8 Å². The third-order valence-electron chi connectivity index (χ3n) is 6.86. The summed E-state index contributed by atoms with van der Waals surface area (Å²) in [4.78, 5) is 21.5. The number of carbonyl (C=O) groups excluding carboxylic acids is 1. The topological polar surface area (TPSA) is 110 Å². The van der Waals surface area contributed by atoms with Gasteiger partial charge in [0.25, 0.3) is 0 Å². The van der Waals surface area contributed by atoms with Gasteiger partial charge >= 0.3 is 0 Å². The van der Waals surface area contributed by atoms with Crippen molar-refractivity contribution in [1.82, 2.24) is 9.88 Å². The summed E-state index contributed by atoms with van der Waals surface area (Å²) in [5.74, 6) is 0.0267. The smallest absolute Gasteiger partial charge is 0.235 e. The maximum absolute atomic E-state index is 13.7. The molecule has 182 valence electrons. The Morgan fingerprint density at radius 2 is 1.86 bits per heavy atom. The number of rotatable bonds is 7. The Hall–Kier alpha value is -3.14. The molecular weight excluding hydrogens is 463 g/mol. The summed E-state index contributed by atoms with van der Waals surface area (Å²) in [7, 11) is 0. The lowest BCUT2D eigenvalue weighted by Crippen LogP contribution is -2.44. The van der Waals surface area contributed by atoms with Crippen LogP contribution in [0.1, 0.15) is 53.7 Å². The molecule has 2 aliphatic rings. The molecule has 1 aromatic heterocycles. The van der Waals surface area contributed by atoms with Gasteiger partial charge in [0.15, 0.2) is 0 Å². The van der Waals surface area contributed by atoms with Crippen molar-refractivity contribution in [2.45, 2.75) is 55.1 Å². The molecule has 1 aromatic carbocycles. The molecular formula is C26H29FN6OS. The SMILES string of the molecule is CCc1c(C#N)c(SC(C(N)=O)c2ccccc2)nc(N2CCC(N3CC[C@H](F)C3)CC2)c1C#N. The number of primary amides is 1. The number of alkyl halides is 1. The number of aromatic nitrogens is 1. The van der Waals surface area contributed by atoms with E-state index in [1.54, 1.807) is 0 Å². The number of hydrogen-bond acceptors (Lipinski definition) is 7. The number of nitrogens with zero attached hydrogens (tertiary/aromatic N) is 5. The molecule has 1 amide bonds. The zero-order valence-corrected chi connectivity index (χ0v) is 20.6. The van der Waals surface area contributed by atoms with Gasteiger partial charge in [-0.05, 0) is 36.8 Å². The Kier molecular flexibility index (Phi) is 7.90. The third-order valence-corrected chi connectivity index (χ3v) is 8.12. The van der Waals surface area contributed by atoms with E-state index in [-0.39, 0.29) is 0 Å². The first kappa shape index (κ1) is 25.0. The molecule has 4 rings (SSSR count). The van der Waals surface area contributed by atoms with E-state index in [9.17, 15) is 19.7 Å². The molecule has 2 N–H and O–H groups in total. The molecule has 3 heterocycles. The number of likely N-dealkylation sites (tertiary alicyclic amines) is 1. The maximum atomic E-state index is 13.7. The summed E-state index contributed by atoms with van der Waals surface area (Å²) >= 11 is 1.16. The van der Waals surface area contributed by atoms with Crippen molar-refractivity contribution < 1.29 is 9.18 Å². The molecule has 7 nitrogen and oxygen atoms in total. The van der Waals surface area contributed by atoms with Gasteiger partial charge in [-0.15, -0.1) is 0 Å². The minimum Gasteiger partial charge on any atom is -0.368 e. The van der Waals surface area contributed by atoms with Gasteiger partial charge in [0.05, 0.1) is 11.1 Å². The fourth-order valence-corrected chi connectivity index (χ4v) is 6.10. The maximum Gasteiger partial charge on any atom is 0.235 e. The molecule has 0 saturated carbocycles. The van der Waals surface area contributed by atoms with Crippen LogP contribution in [0.3, 0.4) is 0 Å². The van der Waals surface area contributed by atoms with E-state index in [1.807, 2.05) is 37.3 Å². The highest BCUT2D eigenvalue weighted by molar-refractivity contribution is 8.00. The molecule has 9 heteroatoms. The number of pyridine rings is 1. The van der Waals surface area contributed by atoms with E-state index in [2.05, 4.69) is 21.9 Å². The number of benzene rings is 1. The van der Waals surface area contributed by atoms with Crippen molar-refractivity contribution in [2.75, 3.05) is 31.1 Å². The molecule has 2 fully saturated rings. The lowest BCUT2D eigenvalue weighted by atomic mass is 9.99. The van der Waals surface area contributed by atoms with Crippen LogP contribution in [0.15, 0.2) is 35.4 Å². The monoisotopic (exact) mass is 492 g/mol. The summed E-state index contributed by atoms with van der Waals surface area (Å²) < 4.78 is 13.7. The van der Waals surface area contributed by atoms with E-state index in [0.717, 1.165) is 36.7 Å². The lowest BCUT2D eigenvalue weighted by Gasteiger charge is -2.37. The van der Waals surface area contributed by atoms with Gasteiger partial charge in [-0.3, -0.25) is 9.69 Å². The first-order valence-corrected chi connectivity index (χ1v) is 12.9. The second kappa shape index (κ2) is 11.1. The summed E-state index contributed by atoms with van der Waals surface area (Å²) in [5, 5.41) is 19.7. The van der Waals surface area contributed by atoms with E-state index in [4.69, 9.17) is 10.7 Å². The van der Waals surface area contributed by atoms with E-state index in [0.29, 0.717) is 66.1 Å². The van der Waals surface area contributed by atoms with Crippen LogP contribution in [0.2, 0.25) is 0 Å². The van der Waals surface area contributed by atoms with Gasteiger partial charge in [0, 0.05) is 32.2 Å². The standard InChI is InChI=1S/C26H29FN6OS/c1-2-20-21(14-28)25(32-12-9-19(10-13-32)33-11-8-18(27)16-33)31-26(22(20)15-29)35-23(24(30)34)17-6-4-3-5-7-17/h3-7,18-19,23H,2,8-13,16H2,1H3,(H2,30,34)/t18-,23?/m0/s1. The highest BCUT2D eigenvalue weighted by atomic mass is 32.2. The van der Waals surface area contributed by atoms with Crippen molar-refractivity contribution in [3.05, 3.63) is 52.6 Å². The van der Waals surface area contributed by atoms with Crippen molar-refractivity contribution >= 4 is 23.5 Å². The predicted molar refractivity (Wildman–Crippen MR) is 134 cm³/mol. The molecule has 2 atom stereocenters. The fraction of sp³-hybridized carbons (Fsp3) is 0.462. The number of piperidine rings is 1. The van der Waals surface area contributed by atoms with Crippen LogP contribution in [0.5, 0.6) is 0 Å². The molecule has 0 radical (unpaired) electrons. The minimum absolute atomic E-state index is 0.320. The average Bonchev–Trinajstić information content (AvgIpc) is 3.32. The highest BCUT2D eigenvalue weighted by Gasteiger charge is 2.33. The van der Waals surface area contributed by atoms with Crippen LogP contribution < -0.4 is 10.6 Å². The second-order valence-corrected chi connectivity index (χ2v) is 10.1. The zero-order chi connectivity index (χ0) is 24.9. The predicted octanol–water partition coefficient (Wildman–Crippen LogP) is 3.72. The summed E-state index contributed by atoms with van der Waals surface area (Å²) in [6.07, 6.45) is 2.06. The van der Waals surface area contributed by atoms with Gasteiger partial charge in [-0.25, -0.2) is 9.37 Å². The average molecular weight is 493 g/mol. The zero-order valence-electron chi connectivity index (χ0n) is 19.8. The third kappa shape index (κ3) is 5.27. The number of hydrogen-bond donors (Lipinski definition) is 1. The number of carbonyl (C=O) groups is 1. The Bertz CT molecular complexity index is 1150. The summed E-state index contributed by atoms with van der Waals surface area (Å²) in [6, 6.07) is 14.0. The fourth-order valence-electron chi connectivity index (χ4n) is 5.04. The van der Waals surface area contributed by atoms with E-state index >= 15 is 0 Å². The molecule has 0 spiro atoms. The number of nitriles is 2. The lowest BCUT2D eigenvalue weighted by molar-refractivity contribution is -0.117. The van der Waals surface area contributed by atoms with Crippen molar-refractivity contribution in [3.8, 4) is 12.1 Å². The van der Waals surface area contributed by atoms with E-state index < -0.39 is 17.3 Å². The van der Waals surface area contributed by atoms with Gasteiger partial charge in [0.2, 0.25) is 5.91 Å². The molecule has 1 unspecified atom stereocenters. The number of nitrogens with two attached hydrogens (primary N) is 1. The summed E-state index contributed by atoms with van der Waals surface area (Å²) in [5.41, 5.74) is 7.84. The van der Waals surface area contributed by atoms with Crippen molar-refractivity contribution in [1.29, 1.82) is 10.5 Å². The van der Waals surface area contributed by atoms with Crippen LogP contribution in [0, 0.1) is 22.7 Å². The van der Waals surface area contributed by atoms with Crippen LogP contribution in [-0.2, 0) is 11.2 Å². The molecule has 2 aromatic rings. The molecule has 2 saturated heterocycles. The normalized spacial score (nSPS) is 19.8. The molecule has 0 bridgehead atoms. The van der Waals surface area contributed by atoms with Crippen LogP contribution in [-0.4, -0.2) is 54.2 Å². The molecule has 0 aliphatic carbocycles. The highest BCUT2D eigenvalue weighted by Crippen LogP contribution is 2.40. The summed E-state index contributed by atoms with van der Waals surface area (Å²) in [6.45, 7) is 4.58. The number of anilines is 1. The number of amides is 1. The van der Waals surface area contributed by atoms with Gasteiger partial charge < -0.3 is 10.6 Å². The first-order chi connectivity index (χ1) is 17.0. The molecule has 35 heavy (non-hydrogen) atoms. The Morgan fingerprint density at radius 1 is 1.17 bits per heavy atom. The van der Waals surface area contributed by atoms with Crippen LogP contribution in [0.25, 0.3) is 0 Å². The van der Waals surface area contributed by atoms with E-state index in [1.165, 1.54) is 0 Å². The number of thioether (sulfide) groups is 1. The Morgan fingerprint density at radius 3 is 2.40 bits per heavy atom. The van der Waals surface area contributed by atoms with Gasteiger partial charge in [-0.2, -0.15) is 10.5 Å². The van der Waals surface area contributed by atoms with Gasteiger partial charge in [-0.1, -0.05) is 49.0 Å². The number of halogens is 1. The first-order valence-electron chi connectivity index (χ1n) is 12.0. The van der Waals surface area contributed by atoms with Crippen LogP contribution in [0.4, 0.5) is 10.2 Å². The van der Waals surface area contributed by atoms with Crippen molar-refractivity contribution in [3.63, 3.8) is 0 Å². The molecule has 2 aliphatic heterocycles.